The van der Waals surface area contributed by atoms with Crippen LogP contribution in [0.5, 0.6) is 0 Å². The molecule has 0 aliphatic heterocycles. The van der Waals surface area contributed by atoms with Crippen LogP contribution >= 0.6 is 15.8 Å². The summed E-state index contributed by atoms with van der Waals surface area (Å²) in [4.78, 5) is 0. The molecule has 0 aromatic heterocycles. The van der Waals surface area contributed by atoms with Crippen molar-refractivity contribution < 1.29 is 44.3 Å². The zero-order chi connectivity index (χ0) is 29.2. The predicted molar refractivity (Wildman–Crippen MR) is 188 cm³/mol. The van der Waals surface area contributed by atoms with Crippen LogP contribution in [0.2, 0.25) is 0 Å². The number of hydrogen-bond acceptors (Lipinski definition) is 2. The van der Waals surface area contributed by atoms with Gasteiger partial charge >= 0.3 is 19.5 Å². The van der Waals surface area contributed by atoms with Crippen LogP contribution in [0.3, 0.4) is 0 Å². The van der Waals surface area contributed by atoms with E-state index in [0.717, 1.165) is 0 Å². The van der Waals surface area contributed by atoms with Crippen LogP contribution in [-0.4, -0.2) is 13.1 Å². The fraction of sp³-hybridized carbons (Fsp3) is 0.0526. The van der Waals surface area contributed by atoms with E-state index >= 15 is 0 Å². The van der Waals surface area contributed by atoms with Gasteiger partial charge in [0.05, 0.1) is 0 Å². The molecule has 0 atom stereocenters. The Bertz CT molecular complexity index is 1230. The van der Waals surface area contributed by atoms with Crippen molar-refractivity contribution in [2.45, 2.75) is 0 Å². The van der Waals surface area contributed by atoms with E-state index in [1.54, 1.807) is 0 Å². The van der Waals surface area contributed by atoms with Gasteiger partial charge in [0.2, 0.25) is 0 Å². The first kappa shape index (κ1) is 40.3. The molecule has 6 rings (SSSR count). The molecule has 0 bridgehead atoms. The molecule has 0 radical (unpaired) electrons. The monoisotopic (exact) mass is 756 g/mol. The molecule has 0 saturated heterocycles. The van der Waals surface area contributed by atoms with E-state index < -0.39 is 15.8 Å². The van der Waals surface area contributed by atoms with E-state index in [1.807, 2.05) is 0 Å². The van der Waals surface area contributed by atoms with Gasteiger partial charge in [-0.25, -0.2) is 0 Å². The molecule has 0 fully saturated rings. The van der Waals surface area contributed by atoms with Crippen molar-refractivity contribution in [1.29, 1.82) is 0 Å². The van der Waals surface area contributed by atoms with Crippen LogP contribution in [-0.2, 0) is 19.5 Å². The smallest absolute Gasteiger partial charge is 1.00 e. The minimum atomic E-state index is -0.446. The summed E-state index contributed by atoms with van der Waals surface area (Å²) in [7, 11) is -0.892. The van der Waals surface area contributed by atoms with Gasteiger partial charge in [-0.2, -0.15) is 0 Å². The summed E-state index contributed by atoms with van der Waals surface area (Å²) in [6, 6.07) is 64.7. The topological polar surface area (TPSA) is 52.0 Å². The van der Waals surface area contributed by atoms with E-state index in [9.17, 15) is 0 Å². The van der Waals surface area contributed by atoms with Crippen molar-refractivity contribution in [2.75, 3.05) is 13.1 Å². The molecule has 0 heterocycles. The molecule has 0 aliphatic rings. The Morgan fingerprint density at radius 3 is 0.533 bits per heavy atom. The summed E-state index contributed by atoms with van der Waals surface area (Å²) in [6.45, 7) is 1.19. The first-order valence-corrected chi connectivity index (χ1v) is 16.8. The Kier molecular flexibility index (Phi) is 21.2. The van der Waals surface area contributed by atoms with Crippen LogP contribution in [0.25, 0.3) is 0 Å². The summed E-state index contributed by atoms with van der Waals surface area (Å²) >= 11 is 0. The van der Waals surface area contributed by atoms with Crippen molar-refractivity contribution >= 4 is 47.7 Å². The Morgan fingerprint density at radius 1 is 0.289 bits per heavy atom. The zero-order valence-corrected chi connectivity index (χ0v) is 29.9. The molecule has 6 aromatic carbocycles. The average Bonchev–Trinajstić information content (AvgIpc) is 3.08. The molecule has 6 aromatic rings. The van der Waals surface area contributed by atoms with E-state index in [1.165, 1.54) is 31.8 Å². The second-order valence-corrected chi connectivity index (χ2v) is 13.7. The predicted octanol–water partition coefficient (Wildman–Crippen LogP) is -0.201. The number of rotatable bonds is 7. The van der Waals surface area contributed by atoms with Crippen molar-refractivity contribution in [3.05, 3.63) is 182 Å². The third kappa shape index (κ3) is 12.9. The number of hydrogen-bond donors (Lipinski definition) is 2. The molecule has 2 nitrogen and oxygen atoms in total. The first-order valence-electron chi connectivity index (χ1n) is 14.1. The van der Waals surface area contributed by atoms with Crippen LogP contribution in [0.4, 0.5) is 0 Å². The van der Waals surface area contributed by atoms with Crippen LogP contribution in [0, 0.1) is 0 Å². The van der Waals surface area contributed by atoms with E-state index in [2.05, 4.69) is 182 Å². The maximum absolute atomic E-state index is 4.90. The standard InChI is InChI=1S/2C18H15P.C2H8N2.2ClH.Ru/c2*1-4-10-16(11-5-1)19(17-12-6-2-7-13-17)18-14-8-3-9-15-18;3-1-2-4;;;/h2*1-15H;1-4H2;2*1H;/q;;;;;+2/p-2. The molecule has 0 unspecified atom stereocenters. The molecule has 4 N–H and O–H groups in total. The summed E-state index contributed by atoms with van der Waals surface area (Å²) in [5.41, 5.74) is 9.81. The summed E-state index contributed by atoms with van der Waals surface area (Å²) in [5.74, 6) is 0. The summed E-state index contributed by atoms with van der Waals surface area (Å²) in [6.07, 6.45) is 0. The van der Waals surface area contributed by atoms with Crippen molar-refractivity contribution in [3.8, 4) is 0 Å². The summed E-state index contributed by atoms with van der Waals surface area (Å²) < 4.78 is 0. The molecule has 0 amide bonds. The number of nitrogens with two attached hydrogens (primary N) is 2. The molecule has 45 heavy (non-hydrogen) atoms. The van der Waals surface area contributed by atoms with Crippen LogP contribution in [0.15, 0.2) is 182 Å². The third-order valence-electron chi connectivity index (χ3n) is 6.25. The third-order valence-corrected chi connectivity index (χ3v) is 11.1. The molecular weight excluding hydrogens is 718 g/mol. The van der Waals surface area contributed by atoms with Crippen molar-refractivity contribution in [3.63, 3.8) is 0 Å². The number of benzene rings is 6. The van der Waals surface area contributed by atoms with Gasteiger partial charge in [0.15, 0.2) is 0 Å². The van der Waals surface area contributed by atoms with Crippen LogP contribution in [0.1, 0.15) is 0 Å². The van der Waals surface area contributed by atoms with Gasteiger partial charge in [0, 0.05) is 13.1 Å². The molecule has 0 saturated carbocycles. The Morgan fingerprint density at radius 2 is 0.422 bits per heavy atom. The average molecular weight is 757 g/mol. The zero-order valence-electron chi connectivity index (χ0n) is 24.9. The van der Waals surface area contributed by atoms with Gasteiger partial charge in [-0.3, -0.25) is 0 Å². The van der Waals surface area contributed by atoms with Gasteiger partial charge in [-0.15, -0.1) is 0 Å². The van der Waals surface area contributed by atoms with Gasteiger partial charge in [0.25, 0.3) is 0 Å². The molecule has 7 heteroatoms. The minimum Gasteiger partial charge on any atom is -1.00 e. The quantitative estimate of drug-likeness (QED) is 0.176. The minimum absolute atomic E-state index is 0. The molecule has 0 spiro atoms. The van der Waals surface area contributed by atoms with Gasteiger partial charge in [-0.1, -0.05) is 182 Å². The normalized spacial score (nSPS) is 9.60. The maximum atomic E-state index is 4.90. The Balaban J connectivity index is 0.000000380. The summed E-state index contributed by atoms with van der Waals surface area (Å²) in [5, 5.41) is 8.39. The largest absolute Gasteiger partial charge is 2.00 e. The van der Waals surface area contributed by atoms with Gasteiger partial charge < -0.3 is 36.3 Å². The second kappa shape index (κ2) is 23.6. The molecular formula is C38H38Cl2N2P2Ru. The van der Waals surface area contributed by atoms with Gasteiger partial charge in [0.1, 0.15) is 0 Å². The van der Waals surface area contributed by atoms with Gasteiger partial charge in [-0.05, 0) is 47.7 Å². The van der Waals surface area contributed by atoms with Crippen molar-refractivity contribution in [1.82, 2.24) is 0 Å². The fourth-order valence-electron chi connectivity index (χ4n) is 4.36. The first-order chi connectivity index (χ1) is 20.8. The maximum Gasteiger partial charge on any atom is 2.00 e. The number of halogens is 2. The van der Waals surface area contributed by atoms with E-state index in [-0.39, 0.29) is 44.3 Å². The molecule has 0 aliphatic carbocycles. The Labute approximate surface area is 296 Å². The fourth-order valence-corrected chi connectivity index (χ4v) is 8.97. The van der Waals surface area contributed by atoms with Crippen molar-refractivity contribution in [2.24, 2.45) is 11.5 Å². The van der Waals surface area contributed by atoms with E-state index in [4.69, 9.17) is 11.5 Å². The SMILES string of the molecule is NCCN.[Cl-].[Cl-].[Ru+2].c1ccc(P(c2ccccc2)c2ccccc2)cc1.c1ccc(P(c2ccccc2)c2ccccc2)cc1. The Hall–Kier alpha value is -2.70. The van der Waals surface area contributed by atoms with E-state index in [0.29, 0.717) is 13.1 Å². The molecule has 232 valence electrons. The van der Waals surface area contributed by atoms with Crippen LogP contribution < -0.4 is 68.1 Å². The second-order valence-electron chi connectivity index (χ2n) is 9.26.